The molecule has 1 saturated carbocycles. The van der Waals surface area contributed by atoms with Gasteiger partial charge in [-0.1, -0.05) is 12.8 Å². The minimum absolute atomic E-state index is 0.205. The smallest absolute Gasteiger partial charge is 0.0897 e. The van der Waals surface area contributed by atoms with E-state index in [0.29, 0.717) is 0 Å². The van der Waals surface area contributed by atoms with Crippen LogP contribution in [0.3, 0.4) is 0 Å². The zero-order valence-corrected chi connectivity index (χ0v) is 15.4. The predicted octanol–water partition coefficient (Wildman–Crippen LogP) is 2.52. The molecule has 3 heterocycles. The molecular formula is C19H29N5O. The summed E-state index contributed by atoms with van der Waals surface area (Å²) in [6.07, 6.45) is 7.51. The van der Waals surface area contributed by atoms with E-state index in [0.717, 1.165) is 44.4 Å². The van der Waals surface area contributed by atoms with Crippen molar-refractivity contribution >= 4 is 0 Å². The first-order valence-corrected chi connectivity index (χ1v) is 9.51. The van der Waals surface area contributed by atoms with Gasteiger partial charge in [0, 0.05) is 39.5 Å². The molecule has 0 saturated heterocycles. The summed E-state index contributed by atoms with van der Waals surface area (Å²) in [6.45, 7) is 6.56. The molecule has 0 unspecified atom stereocenters. The van der Waals surface area contributed by atoms with Crippen LogP contribution in [0.1, 0.15) is 42.8 Å². The number of hydrogen-bond donors (Lipinski definition) is 0. The Morgan fingerprint density at radius 2 is 2.08 bits per heavy atom. The van der Waals surface area contributed by atoms with E-state index in [-0.39, 0.29) is 6.10 Å². The quantitative estimate of drug-likeness (QED) is 0.837. The van der Waals surface area contributed by atoms with E-state index in [4.69, 9.17) is 4.74 Å². The molecule has 2 aliphatic rings. The Bertz CT molecular complexity index is 700. The molecule has 0 aromatic carbocycles. The number of hydrogen-bond acceptors (Lipinski definition) is 4. The van der Waals surface area contributed by atoms with Crippen LogP contribution >= 0.6 is 0 Å². The van der Waals surface area contributed by atoms with Crippen molar-refractivity contribution in [3.8, 4) is 0 Å². The number of nitrogens with zero attached hydrogens (tertiary/aromatic N) is 5. The van der Waals surface area contributed by atoms with Crippen molar-refractivity contribution in [3.63, 3.8) is 0 Å². The molecule has 4 rings (SSSR count). The lowest BCUT2D eigenvalue weighted by molar-refractivity contribution is 0.000157. The zero-order valence-electron chi connectivity index (χ0n) is 15.4. The summed E-state index contributed by atoms with van der Waals surface area (Å²) >= 11 is 0. The van der Waals surface area contributed by atoms with E-state index in [1.807, 2.05) is 17.9 Å². The van der Waals surface area contributed by atoms with E-state index in [9.17, 15) is 0 Å². The Hall–Kier alpha value is -1.66. The van der Waals surface area contributed by atoms with E-state index in [1.54, 1.807) is 0 Å². The monoisotopic (exact) mass is 343 g/mol. The average molecular weight is 343 g/mol. The summed E-state index contributed by atoms with van der Waals surface area (Å²) in [5.41, 5.74) is 3.59. The van der Waals surface area contributed by atoms with Crippen LogP contribution in [0, 0.1) is 12.8 Å². The Morgan fingerprint density at radius 1 is 1.24 bits per heavy atom. The van der Waals surface area contributed by atoms with Crippen LogP contribution in [-0.2, 0) is 31.4 Å². The van der Waals surface area contributed by atoms with Gasteiger partial charge in [-0.3, -0.25) is 14.3 Å². The van der Waals surface area contributed by atoms with E-state index in [1.165, 1.54) is 37.1 Å². The third-order valence-electron chi connectivity index (χ3n) is 5.56. The van der Waals surface area contributed by atoms with Gasteiger partial charge in [-0.25, -0.2) is 0 Å². The van der Waals surface area contributed by atoms with Crippen molar-refractivity contribution in [3.05, 3.63) is 35.4 Å². The average Bonchev–Trinajstić information content (AvgIpc) is 3.28. The van der Waals surface area contributed by atoms with Gasteiger partial charge in [0.1, 0.15) is 0 Å². The minimum Gasteiger partial charge on any atom is -0.375 e. The van der Waals surface area contributed by atoms with Gasteiger partial charge in [-0.2, -0.15) is 10.2 Å². The minimum atomic E-state index is 0.205. The van der Waals surface area contributed by atoms with Crippen molar-refractivity contribution < 1.29 is 4.74 Å². The first-order chi connectivity index (χ1) is 12.2. The van der Waals surface area contributed by atoms with Crippen molar-refractivity contribution in [2.24, 2.45) is 13.0 Å². The molecule has 1 aliphatic carbocycles. The molecule has 2 aromatic rings. The van der Waals surface area contributed by atoms with E-state index >= 15 is 0 Å². The van der Waals surface area contributed by atoms with Crippen molar-refractivity contribution in [2.75, 3.05) is 13.2 Å². The van der Waals surface area contributed by atoms with Gasteiger partial charge in [0.15, 0.2) is 0 Å². The van der Waals surface area contributed by atoms with Crippen LogP contribution in [0.2, 0.25) is 0 Å². The lowest BCUT2D eigenvalue weighted by atomic mass is 10.1. The second-order valence-corrected chi connectivity index (χ2v) is 7.68. The molecule has 2 aromatic heterocycles. The first-order valence-electron chi connectivity index (χ1n) is 9.51. The maximum atomic E-state index is 6.35. The van der Waals surface area contributed by atoms with Gasteiger partial charge >= 0.3 is 0 Å². The molecule has 0 bridgehead atoms. The van der Waals surface area contributed by atoms with Gasteiger partial charge < -0.3 is 4.74 Å². The first kappa shape index (κ1) is 16.8. The van der Waals surface area contributed by atoms with Crippen molar-refractivity contribution in [2.45, 2.75) is 58.3 Å². The number of aryl methyl sites for hydroxylation is 2. The zero-order chi connectivity index (χ0) is 17.2. The number of ether oxygens (including phenoxy) is 1. The maximum Gasteiger partial charge on any atom is 0.0897 e. The summed E-state index contributed by atoms with van der Waals surface area (Å²) in [4.78, 5) is 2.47. The van der Waals surface area contributed by atoms with Gasteiger partial charge in [0.25, 0.3) is 0 Å². The molecule has 0 radical (unpaired) electrons. The van der Waals surface area contributed by atoms with E-state index in [2.05, 4.69) is 38.8 Å². The fourth-order valence-corrected chi connectivity index (χ4v) is 4.21. The maximum absolute atomic E-state index is 6.35. The lowest BCUT2D eigenvalue weighted by Crippen LogP contribution is -2.34. The molecule has 0 N–H and O–H groups in total. The van der Waals surface area contributed by atoms with Crippen LogP contribution in [0.25, 0.3) is 0 Å². The highest BCUT2D eigenvalue weighted by atomic mass is 16.5. The second-order valence-electron chi connectivity index (χ2n) is 7.68. The van der Waals surface area contributed by atoms with Crippen LogP contribution in [0.5, 0.6) is 0 Å². The predicted molar refractivity (Wildman–Crippen MR) is 96.0 cm³/mol. The Morgan fingerprint density at radius 3 is 2.84 bits per heavy atom. The van der Waals surface area contributed by atoms with Crippen LogP contribution in [0.4, 0.5) is 0 Å². The topological polar surface area (TPSA) is 48.1 Å². The van der Waals surface area contributed by atoms with Gasteiger partial charge in [0.2, 0.25) is 0 Å². The van der Waals surface area contributed by atoms with Crippen LogP contribution in [0.15, 0.2) is 18.3 Å². The molecule has 0 amide bonds. The Kier molecular flexibility index (Phi) is 4.90. The molecule has 1 aliphatic heterocycles. The lowest BCUT2D eigenvalue weighted by Gasteiger charge is -2.25. The highest BCUT2D eigenvalue weighted by Crippen LogP contribution is 2.26. The Balaban J connectivity index is 1.45. The molecule has 136 valence electrons. The number of aromatic nitrogens is 4. The van der Waals surface area contributed by atoms with Gasteiger partial charge in [0.05, 0.1) is 29.7 Å². The van der Waals surface area contributed by atoms with Crippen molar-refractivity contribution in [1.29, 1.82) is 0 Å². The summed E-state index contributed by atoms with van der Waals surface area (Å²) in [5, 5.41) is 8.99. The third-order valence-corrected chi connectivity index (χ3v) is 5.56. The number of fused-ring (bicyclic) bond motifs is 1. The molecule has 1 fully saturated rings. The molecule has 6 nitrogen and oxygen atoms in total. The largest absolute Gasteiger partial charge is 0.375 e. The fraction of sp³-hybridized carbons (Fsp3) is 0.684. The third kappa shape index (κ3) is 3.96. The van der Waals surface area contributed by atoms with E-state index < -0.39 is 0 Å². The molecule has 6 heteroatoms. The fourth-order valence-electron chi connectivity index (χ4n) is 4.21. The molecule has 1 atom stereocenters. The number of rotatable bonds is 5. The van der Waals surface area contributed by atoms with Crippen LogP contribution < -0.4 is 0 Å². The second kappa shape index (κ2) is 7.30. The van der Waals surface area contributed by atoms with Crippen LogP contribution in [-0.4, -0.2) is 43.7 Å². The summed E-state index contributed by atoms with van der Waals surface area (Å²) in [7, 11) is 2.03. The van der Waals surface area contributed by atoms with Gasteiger partial charge in [-0.05, 0) is 37.8 Å². The Labute approximate surface area is 149 Å². The summed E-state index contributed by atoms with van der Waals surface area (Å²) in [5.74, 6) is 0.758. The standard InChI is InChI=1S/C19H29N5O/c1-15-9-18(22(2)21-15)11-23-10-17-7-8-20-24(17)13-19(12-23)25-14-16-5-3-4-6-16/h7-9,16,19H,3-6,10-14H2,1-2H3/t19-/m0/s1. The summed E-state index contributed by atoms with van der Waals surface area (Å²) in [6, 6.07) is 4.30. The van der Waals surface area contributed by atoms with Crippen molar-refractivity contribution in [1.82, 2.24) is 24.5 Å². The SMILES string of the molecule is Cc1cc(CN2Cc3ccnn3C[C@@H](OCC3CCCC3)C2)n(C)n1. The summed E-state index contributed by atoms with van der Waals surface area (Å²) < 4.78 is 10.5. The molecular weight excluding hydrogens is 314 g/mol. The molecule has 0 spiro atoms. The van der Waals surface area contributed by atoms with Gasteiger partial charge in [-0.15, -0.1) is 0 Å². The highest BCUT2D eigenvalue weighted by Gasteiger charge is 2.25. The normalized spacial score (nSPS) is 22.2. The molecule has 25 heavy (non-hydrogen) atoms. The highest BCUT2D eigenvalue weighted by molar-refractivity contribution is 5.10.